The van der Waals surface area contributed by atoms with Gasteiger partial charge in [0.1, 0.15) is 5.82 Å². The molecule has 0 saturated carbocycles. The first-order chi connectivity index (χ1) is 9.51. The van der Waals surface area contributed by atoms with E-state index in [1.54, 1.807) is 0 Å². The number of hydrogen-bond donors (Lipinski definition) is 1. The fourth-order valence-electron chi connectivity index (χ4n) is 3.45. The number of nitrogens with one attached hydrogen (secondary N) is 1. The van der Waals surface area contributed by atoms with Crippen LogP contribution < -0.4 is 5.32 Å². The lowest BCUT2D eigenvalue weighted by Crippen LogP contribution is -2.42. The number of rotatable bonds is 2. The van der Waals surface area contributed by atoms with Gasteiger partial charge in [0.2, 0.25) is 0 Å². The van der Waals surface area contributed by atoms with E-state index in [4.69, 9.17) is 16.6 Å². The van der Waals surface area contributed by atoms with Gasteiger partial charge in [0.15, 0.2) is 0 Å². The predicted octanol–water partition coefficient (Wildman–Crippen LogP) is 3.50. The van der Waals surface area contributed by atoms with Crippen LogP contribution >= 0.6 is 11.6 Å². The number of nitrogens with zero attached hydrogens (tertiary/aromatic N) is 2. The van der Waals surface area contributed by atoms with Gasteiger partial charge in [0.05, 0.1) is 16.1 Å². The molecule has 0 aliphatic carbocycles. The van der Waals surface area contributed by atoms with E-state index in [9.17, 15) is 0 Å². The summed E-state index contributed by atoms with van der Waals surface area (Å²) in [6.45, 7) is 6.82. The van der Waals surface area contributed by atoms with Crippen molar-refractivity contribution < 1.29 is 0 Å². The van der Waals surface area contributed by atoms with Gasteiger partial charge in [-0.05, 0) is 44.0 Å². The number of hydrogen-bond acceptors (Lipinski definition) is 2. The first kappa shape index (κ1) is 13.9. The molecule has 3 nitrogen and oxygen atoms in total. The van der Waals surface area contributed by atoms with Crippen LogP contribution in [0.2, 0.25) is 5.02 Å². The van der Waals surface area contributed by atoms with Crippen molar-refractivity contribution in [3.05, 3.63) is 29.0 Å². The molecule has 1 N–H and O–H groups in total. The molecule has 2 aromatic rings. The average Bonchev–Trinajstić information content (AvgIpc) is 2.79. The molecule has 1 saturated heterocycles. The molecular weight excluding hydrogens is 270 g/mol. The predicted molar refractivity (Wildman–Crippen MR) is 84.3 cm³/mol. The van der Waals surface area contributed by atoms with Crippen LogP contribution in [0.5, 0.6) is 0 Å². The van der Waals surface area contributed by atoms with Crippen molar-refractivity contribution in [3.8, 4) is 0 Å². The van der Waals surface area contributed by atoms with Crippen molar-refractivity contribution in [1.29, 1.82) is 0 Å². The number of benzene rings is 1. The minimum atomic E-state index is 0.0461. The monoisotopic (exact) mass is 291 g/mol. The number of aromatic nitrogens is 2. The highest BCUT2D eigenvalue weighted by Crippen LogP contribution is 2.37. The quantitative estimate of drug-likeness (QED) is 0.918. The third kappa shape index (κ3) is 2.13. The number of halogens is 1. The zero-order valence-corrected chi connectivity index (χ0v) is 13.2. The van der Waals surface area contributed by atoms with Crippen molar-refractivity contribution in [2.24, 2.45) is 13.0 Å². The summed E-state index contributed by atoms with van der Waals surface area (Å²) in [5.41, 5.74) is 2.08. The molecule has 0 amide bonds. The maximum absolute atomic E-state index is 6.34. The summed E-state index contributed by atoms with van der Waals surface area (Å²) in [6, 6.07) is 5.95. The maximum Gasteiger partial charge on any atom is 0.115 e. The minimum absolute atomic E-state index is 0.0461. The summed E-state index contributed by atoms with van der Waals surface area (Å²) in [4.78, 5) is 4.87. The second-order valence-electron chi connectivity index (χ2n) is 6.37. The van der Waals surface area contributed by atoms with E-state index in [2.05, 4.69) is 30.8 Å². The lowest BCUT2D eigenvalue weighted by atomic mass is 9.74. The maximum atomic E-state index is 6.34. The SMILES string of the molecule is Cn1c(C(C)(C)C2CCCNC2)nc2cccc(Cl)c21. The third-order valence-corrected chi connectivity index (χ3v) is 5.04. The Labute approximate surface area is 125 Å². The molecule has 0 radical (unpaired) electrons. The summed E-state index contributed by atoms with van der Waals surface area (Å²) >= 11 is 6.34. The molecule has 1 aromatic heterocycles. The molecule has 1 atom stereocenters. The molecule has 0 bridgehead atoms. The van der Waals surface area contributed by atoms with Crippen LogP contribution in [0.25, 0.3) is 11.0 Å². The normalized spacial score (nSPS) is 20.5. The zero-order valence-electron chi connectivity index (χ0n) is 12.4. The number of para-hydroxylation sites is 1. The smallest absolute Gasteiger partial charge is 0.115 e. The summed E-state index contributed by atoms with van der Waals surface area (Å²) in [6.07, 6.45) is 2.51. The molecule has 4 heteroatoms. The Balaban J connectivity index is 2.09. The Kier molecular flexibility index (Phi) is 3.51. The van der Waals surface area contributed by atoms with Crippen LogP contribution in [0.15, 0.2) is 18.2 Å². The Morgan fingerprint density at radius 1 is 1.40 bits per heavy atom. The van der Waals surface area contributed by atoms with E-state index in [1.165, 1.54) is 12.8 Å². The van der Waals surface area contributed by atoms with Gasteiger partial charge in [-0.25, -0.2) is 4.98 Å². The number of imidazole rings is 1. The molecule has 1 fully saturated rings. The summed E-state index contributed by atoms with van der Waals surface area (Å²) in [7, 11) is 2.08. The lowest BCUT2D eigenvalue weighted by Gasteiger charge is -2.36. The van der Waals surface area contributed by atoms with Gasteiger partial charge in [0.25, 0.3) is 0 Å². The molecule has 2 heterocycles. The fraction of sp³-hybridized carbons (Fsp3) is 0.562. The molecule has 20 heavy (non-hydrogen) atoms. The number of aryl methyl sites for hydroxylation is 1. The molecule has 1 unspecified atom stereocenters. The molecule has 1 aliphatic rings. The van der Waals surface area contributed by atoms with Crippen LogP contribution in [0.4, 0.5) is 0 Å². The van der Waals surface area contributed by atoms with Crippen LogP contribution in [-0.2, 0) is 12.5 Å². The number of fused-ring (bicyclic) bond motifs is 1. The first-order valence-electron chi connectivity index (χ1n) is 7.34. The fourth-order valence-corrected chi connectivity index (χ4v) is 3.74. The Hall–Kier alpha value is -1.06. The topological polar surface area (TPSA) is 29.9 Å². The van der Waals surface area contributed by atoms with Crippen molar-refractivity contribution in [2.75, 3.05) is 13.1 Å². The van der Waals surface area contributed by atoms with Crippen LogP contribution in [0, 0.1) is 5.92 Å². The summed E-state index contributed by atoms with van der Waals surface area (Å²) < 4.78 is 2.17. The van der Waals surface area contributed by atoms with E-state index in [-0.39, 0.29) is 5.41 Å². The van der Waals surface area contributed by atoms with E-state index in [0.29, 0.717) is 5.92 Å². The van der Waals surface area contributed by atoms with Gasteiger partial charge in [-0.3, -0.25) is 0 Å². The van der Waals surface area contributed by atoms with Gasteiger partial charge in [-0.2, -0.15) is 0 Å². The third-order valence-electron chi connectivity index (χ3n) is 4.74. The van der Waals surface area contributed by atoms with E-state index >= 15 is 0 Å². The van der Waals surface area contributed by atoms with E-state index in [1.807, 2.05) is 18.2 Å². The van der Waals surface area contributed by atoms with Crippen LogP contribution in [0.3, 0.4) is 0 Å². The molecule has 3 rings (SSSR count). The first-order valence-corrected chi connectivity index (χ1v) is 7.71. The largest absolute Gasteiger partial charge is 0.329 e. The second-order valence-corrected chi connectivity index (χ2v) is 6.77. The summed E-state index contributed by atoms with van der Waals surface area (Å²) in [5, 5.41) is 4.29. The van der Waals surface area contributed by atoms with E-state index in [0.717, 1.165) is 35.0 Å². The molecule has 1 aromatic carbocycles. The van der Waals surface area contributed by atoms with Gasteiger partial charge < -0.3 is 9.88 Å². The number of piperidine rings is 1. The van der Waals surface area contributed by atoms with Crippen LogP contribution in [-0.4, -0.2) is 22.6 Å². The highest BCUT2D eigenvalue weighted by molar-refractivity contribution is 6.35. The zero-order chi connectivity index (χ0) is 14.3. The summed E-state index contributed by atoms with van der Waals surface area (Å²) in [5.74, 6) is 1.75. The highest BCUT2D eigenvalue weighted by Gasteiger charge is 2.36. The van der Waals surface area contributed by atoms with Gasteiger partial charge >= 0.3 is 0 Å². The van der Waals surface area contributed by atoms with Crippen LogP contribution in [0.1, 0.15) is 32.5 Å². The Morgan fingerprint density at radius 3 is 2.85 bits per heavy atom. The molecule has 1 aliphatic heterocycles. The van der Waals surface area contributed by atoms with E-state index < -0.39 is 0 Å². The highest BCUT2D eigenvalue weighted by atomic mass is 35.5. The standard InChI is InChI=1S/C16H22ClN3/c1-16(2,11-6-5-9-18-10-11)15-19-13-8-4-7-12(17)14(13)20(15)3/h4,7-8,11,18H,5-6,9-10H2,1-3H3. The minimum Gasteiger partial charge on any atom is -0.329 e. The Bertz CT molecular complexity index is 624. The molecular formula is C16H22ClN3. The lowest BCUT2D eigenvalue weighted by molar-refractivity contribution is 0.238. The molecule has 0 spiro atoms. The van der Waals surface area contributed by atoms with Crippen molar-refractivity contribution in [2.45, 2.75) is 32.1 Å². The Morgan fingerprint density at radius 2 is 2.20 bits per heavy atom. The van der Waals surface area contributed by atoms with Gasteiger partial charge in [-0.15, -0.1) is 0 Å². The molecule has 108 valence electrons. The van der Waals surface area contributed by atoms with Crippen molar-refractivity contribution >= 4 is 22.6 Å². The van der Waals surface area contributed by atoms with Crippen molar-refractivity contribution in [1.82, 2.24) is 14.9 Å². The second kappa shape index (κ2) is 5.05. The average molecular weight is 292 g/mol. The van der Waals surface area contributed by atoms with Crippen molar-refractivity contribution in [3.63, 3.8) is 0 Å². The van der Waals surface area contributed by atoms with Gasteiger partial charge in [-0.1, -0.05) is 31.5 Å². The van der Waals surface area contributed by atoms with Gasteiger partial charge in [0, 0.05) is 12.5 Å².